The second-order valence-electron chi connectivity index (χ2n) is 9.01. The summed E-state index contributed by atoms with van der Waals surface area (Å²) in [5.41, 5.74) is 1.27. The van der Waals surface area contributed by atoms with Crippen molar-refractivity contribution >= 4 is 23.4 Å². The Morgan fingerprint density at radius 3 is 2.45 bits per heavy atom. The molecule has 0 radical (unpaired) electrons. The van der Waals surface area contributed by atoms with Crippen molar-refractivity contribution in [3.05, 3.63) is 52.0 Å². The van der Waals surface area contributed by atoms with Gasteiger partial charge >= 0.3 is 6.09 Å². The molecular weight excluding hydrogens is 410 g/mol. The molecule has 0 bridgehead atoms. The summed E-state index contributed by atoms with van der Waals surface area (Å²) in [6, 6.07) is 10.5. The zero-order valence-electron chi connectivity index (χ0n) is 19.4. The van der Waals surface area contributed by atoms with Crippen LogP contribution >= 0.6 is 11.3 Å². The fraction of sp³-hybridized carbons (Fsp3) is 0.522. The van der Waals surface area contributed by atoms with Gasteiger partial charge in [-0.25, -0.2) is 9.78 Å². The number of ether oxygens (including phenoxy) is 1. The Morgan fingerprint density at radius 2 is 1.81 bits per heavy atom. The van der Waals surface area contributed by atoms with Crippen LogP contribution in [0.25, 0.3) is 0 Å². The van der Waals surface area contributed by atoms with Gasteiger partial charge in [0.1, 0.15) is 5.60 Å². The molecule has 2 aromatic rings. The summed E-state index contributed by atoms with van der Waals surface area (Å²) >= 11 is 1.68. The van der Waals surface area contributed by atoms with Gasteiger partial charge in [0.25, 0.3) is 0 Å². The number of nitrogens with one attached hydrogen (secondary N) is 3. The van der Waals surface area contributed by atoms with Crippen LogP contribution in [-0.2, 0) is 24.1 Å². The van der Waals surface area contributed by atoms with Crippen molar-refractivity contribution in [1.29, 1.82) is 0 Å². The van der Waals surface area contributed by atoms with Gasteiger partial charge in [-0.1, -0.05) is 30.3 Å². The number of guanidine groups is 1. The van der Waals surface area contributed by atoms with E-state index in [9.17, 15) is 4.79 Å². The van der Waals surface area contributed by atoms with Crippen LogP contribution < -0.4 is 16.0 Å². The molecule has 2 rings (SSSR count). The van der Waals surface area contributed by atoms with Gasteiger partial charge < -0.3 is 20.7 Å². The molecule has 0 aliphatic carbocycles. The minimum absolute atomic E-state index is 0.437. The standard InChI is InChI=1S/C23H35N5O2S/c1-22(2,3)30-21(29)28-23(4,5)16-26-20(24-6)25-14-18-15-31-19(27-18)13-12-17-10-8-7-9-11-17/h7-11,15H,12-14,16H2,1-6H3,(H,28,29)(H2,24,25,26). The first-order valence-electron chi connectivity index (χ1n) is 10.5. The first-order chi connectivity index (χ1) is 14.6. The molecule has 1 heterocycles. The third-order valence-corrected chi connectivity index (χ3v) is 5.22. The van der Waals surface area contributed by atoms with Gasteiger partial charge in [-0.05, 0) is 46.6 Å². The second kappa shape index (κ2) is 11.1. The van der Waals surface area contributed by atoms with Crippen molar-refractivity contribution < 1.29 is 9.53 Å². The fourth-order valence-corrected chi connectivity index (χ4v) is 3.56. The van der Waals surface area contributed by atoms with E-state index >= 15 is 0 Å². The van der Waals surface area contributed by atoms with Gasteiger partial charge in [0, 0.05) is 25.4 Å². The van der Waals surface area contributed by atoms with Gasteiger partial charge in [-0.15, -0.1) is 11.3 Å². The van der Waals surface area contributed by atoms with Crippen LogP contribution in [0.5, 0.6) is 0 Å². The van der Waals surface area contributed by atoms with Gasteiger partial charge in [0.15, 0.2) is 5.96 Å². The van der Waals surface area contributed by atoms with Crippen molar-refractivity contribution in [2.24, 2.45) is 4.99 Å². The first-order valence-corrected chi connectivity index (χ1v) is 11.4. The Morgan fingerprint density at radius 1 is 1.10 bits per heavy atom. The number of hydrogen-bond donors (Lipinski definition) is 3. The molecule has 0 spiro atoms. The van der Waals surface area contributed by atoms with Gasteiger partial charge in [-0.2, -0.15) is 0 Å². The van der Waals surface area contributed by atoms with E-state index in [0.717, 1.165) is 23.5 Å². The minimum atomic E-state index is -0.529. The van der Waals surface area contributed by atoms with E-state index in [4.69, 9.17) is 9.72 Å². The summed E-state index contributed by atoms with van der Waals surface area (Å²) in [5, 5.41) is 12.6. The number of aromatic nitrogens is 1. The van der Waals surface area contributed by atoms with Crippen LogP contribution in [-0.4, -0.2) is 41.8 Å². The van der Waals surface area contributed by atoms with Crippen molar-refractivity contribution in [2.45, 2.75) is 65.1 Å². The Kier molecular flexibility index (Phi) is 8.86. The maximum absolute atomic E-state index is 12.0. The van der Waals surface area contributed by atoms with Crippen molar-refractivity contribution in [3.8, 4) is 0 Å². The average molecular weight is 446 g/mol. The van der Waals surface area contributed by atoms with E-state index in [0.29, 0.717) is 19.0 Å². The third kappa shape index (κ3) is 9.83. The molecule has 3 N–H and O–H groups in total. The highest BCUT2D eigenvalue weighted by Gasteiger charge is 2.24. The summed E-state index contributed by atoms with van der Waals surface area (Å²) in [5.74, 6) is 0.651. The van der Waals surface area contributed by atoms with Crippen LogP contribution in [0.2, 0.25) is 0 Å². The molecule has 0 aliphatic heterocycles. The summed E-state index contributed by atoms with van der Waals surface area (Å²) in [4.78, 5) is 21.0. The summed E-state index contributed by atoms with van der Waals surface area (Å²) < 4.78 is 5.33. The van der Waals surface area contributed by atoms with Gasteiger partial charge in [0.05, 0.1) is 22.8 Å². The van der Waals surface area contributed by atoms with E-state index in [1.165, 1.54) is 5.56 Å². The monoisotopic (exact) mass is 445 g/mol. The van der Waals surface area contributed by atoms with E-state index in [1.54, 1.807) is 18.4 Å². The lowest BCUT2D eigenvalue weighted by Gasteiger charge is -2.29. The molecule has 0 saturated heterocycles. The van der Waals surface area contributed by atoms with Crippen LogP contribution in [0.4, 0.5) is 4.79 Å². The maximum atomic E-state index is 12.0. The number of thiazole rings is 1. The van der Waals surface area contributed by atoms with Crippen molar-refractivity contribution in [3.63, 3.8) is 0 Å². The molecule has 0 aliphatic rings. The SMILES string of the molecule is CN=C(NCc1csc(CCc2ccccc2)n1)NCC(C)(C)NC(=O)OC(C)(C)C. The number of aryl methyl sites for hydroxylation is 2. The first kappa shape index (κ1) is 24.7. The zero-order valence-corrected chi connectivity index (χ0v) is 20.2. The molecule has 7 nitrogen and oxygen atoms in total. The molecule has 0 saturated carbocycles. The summed E-state index contributed by atoms with van der Waals surface area (Å²) in [7, 11) is 1.72. The van der Waals surface area contributed by atoms with Crippen molar-refractivity contribution in [2.75, 3.05) is 13.6 Å². The predicted octanol–water partition coefficient (Wildman–Crippen LogP) is 3.90. The average Bonchev–Trinajstić information content (AvgIpc) is 3.13. The molecule has 31 heavy (non-hydrogen) atoms. The molecule has 1 amide bonds. The Hall–Kier alpha value is -2.61. The third-order valence-electron chi connectivity index (χ3n) is 4.27. The normalized spacial score (nSPS) is 12.4. The van der Waals surface area contributed by atoms with E-state index in [2.05, 4.69) is 50.6 Å². The van der Waals surface area contributed by atoms with Crippen LogP contribution in [0, 0.1) is 0 Å². The minimum Gasteiger partial charge on any atom is -0.444 e. The number of rotatable bonds is 8. The van der Waals surface area contributed by atoms with Crippen LogP contribution in [0.3, 0.4) is 0 Å². The highest BCUT2D eigenvalue weighted by atomic mass is 32.1. The lowest BCUT2D eigenvalue weighted by atomic mass is 10.1. The Bertz CT molecular complexity index is 856. The van der Waals surface area contributed by atoms with Crippen LogP contribution in [0.15, 0.2) is 40.7 Å². The molecular formula is C23H35N5O2S. The highest BCUT2D eigenvalue weighted by molar-refractivity contribution is 7.09. The van der Waals surface area contributed by atoms with Crippen molar-refractivity contribution in [1.82, 2.24) is 20.9 Å². The van der Waals surface area contributed by atoms with E-state index < -0.39 is 17.2 Å². The lowest BCUT2D eigenvalue weighted by Crippen LogP contribution is -2.54. The molecule has 1 aromatic heterocycles. The number of nitrogens with zero attached hydrogens (tertiary/aromatic N) is 2. The fourth-order valence-electron chi connectivity index (χ4n) is 2.76. The van der Waals surface area contributed by atoms with E-state index in [1.807, 2.05) is 40.7 Å². The maximum Gasteiger partial charge on any atom is 0.408 e. The molecule has 0 atom stereocenters. The predicted molar refractivity (Wildman–Crippen MR) is 128 cm³/mol. The number of carbonyl (C=O) groups is 1. The number of aliphatic imine (C=N–C) groups is 1. The Balaban J connectivity index is 1.76. The quantitative estimate of drug-likeness (QED) is 0.424. The van der Waals surface area contributed by atoms with Gasteiger partial charge in [-0.3, -0.25) is 4.99 Å². The lowest BCUT2D eigenvalue weighted by molar-refractivity contribution is 0.0474. The molecule has 170 valence electrons. The number of carbonyl (C=O) groups excluding carboxylic acids is 1. The highest BCUT2D eigenvalue weighted by Crippen LogP contribution is 2.13. The second-order valence-corrected chi connectivity index (χ2v) is 9.95. The molecule has 0 fully saturated rings. The zero-order chi connectivity index (χ0) is 22.9. The largest absolute Gasteiger partial charge is 0.444 e. The summed E-state index contributed by atoms with van der Waals surface area (Å²) in [6.45, 7) is 10.5. The smallest absolute Gasteiger partial charge is 0.408 e. The molecule has 0 unspecified atom stereocenters. The number of hydrogen-bond acceptors (Lipinski definition) is 5. The summed E-state index contributed by atoms with van der Waals surface area (Å²) in [6.07, 6.45) is 1.49. The molecule has 8 heteroatoms. The van der Waals surface area contributed by atoms with E-state index in [-0.39, 0.29) is 0 Å². The Labute approximate surface area is 189 Å². The number of amides is 1. The van der Waals surface area contributed by atoms with Gasteiger partial charge in [0.2, 0.25) is 0 Å². The number of benzene rings is 1. The number of alkyl carbamates (subject to hydrolysis) is 1. The molecule has 1 aromatic carbocycles. The van der Waals surface area contributed by atoms with Crippen LogP contribution in [0.1, 0.15) is 50.9 Å². The topological polar surface area (TPSA) is 87.6 Å².